The van der Waals surface area contributed by atoms with E-state index in [-0.39, 0.29) is 18.2 Å². The number of carbonyl (C=O) groups excluding carboxylic acids is 2. The van der Waals surface area contributed by atoms with Crippen molar-refractivity contribution < 1.29 is 19.1 Å². The summed E-state index contributed by atoms with van der Waals surface area (Å²) in [5, 5.41) is 3.08. The number of benzene rings is 1. The number of alkyl carbamates (subject to hydrolysis) is 1. The van der Waals surface area contributed by atoms with Gasteiger partial charge in [-0.05, 0) is 36.7 Å². The normalized spacial score (nSPS) is 29.0. The van der Waals surface area contributed by atoms with Crippen LogP contribution in [0.1, 0.15) is 37.3 Å². The fraction of sp³-hybridized carbons (Fsp3) is 0.667. The highest BCUT2D eigenvalue weighted by Gasteiger charge is 2.44. The molecule has 0 bridgehead atoms. The predicted molar refractivity (Wildman–Crippen MR) is 115 cm³/mol. The molecule has 3 heterocycles. The van der Waals surface area contributed by atoms with Crippen molar-refractivity contribution in [1.82, 2.24) is 15.1 Å². The van der Waals surface area contributed by atoms with Crippen molar-refractivity contribution in [3.63, 3.8) is 0 Å². The second kappa shape index (κ2) is 9.17. The minimum absolute atomic E-state index is 0.0793. The van der Waals surface area contributed by atoms with Crippen molar-refractivity contribution in [3.05, 3.63) is 35.9 Å². The molecular formula is C24H33N3O4. The van der Waals surface area contributed by atoms with E-state index in [1.807, 2.05) is 18.2 Å². The molecule has 31 heavy (non-hydrogen) atoms. The van der Waals surface area contributed by atoms with Gasteiger partial charge in [-0.25, -0.2) is 4.79 Å². The topological polar surface area (TPSA) is 71.1 Å². The lowest BCUT2D eigenvalue weighted by Gasteiger charge is -2.25. The minimum Gasteiger partial charge on any atom is -0.444 e. The van der Waals surface area contributed by atoms with E-state index in [0.29, 0.717) is 36.9 Å². The molecule has 0 spiro atoms. The van der Waals surface area contributed by atoms with Gasteiger partial charge in [-0.1, -0.05) is 30.3 Å². The summed E-state index contributed by atoms with van der Waals surface area (Å²) in [4.78, 5) is 29.4. The zero-order chi connectivity index (χ0) is 21.2. The molecule has 3 saturated heterocycles. The summed E-state index contributed by atoms with van der Waals surface area (Å²) in [5.41, 5.74) is 1.10. The first kappa shape index (κ1) is 20.8. The Kier molecular flexibility index (Phi) is 6.14. The number of amides is 2. The second-order valence-electron chi connectivity index (χ2n) is 9.58. The van der Waals surface area contributed by atoms with E-state index in [2.05, 4.69) is 27.2 Å². The highest BCUT2D eigenvalue weighted by molar-refractivity contribution is 5.81. The molecule has 7 heteroatoms. The van der Waals surface area contributed by atoms with Gasteiger partial charge in [0, 0.05) is 45.1 Å². The molecule has 168 valence electrons. The average Bonchev–Trinajstić information content (AvgIpc) is 3.16. The van der Waals surface area contributed by atoms with Gasteiger partial charge in [0.2, 0.25) is 5.91 Å². The van der Waals surface area contributed by atoms with E-state index in [0.717, 1.165) is 64.0 Å². The van der Waals surface area contributed by atoms with Crippen LogP contribution in [0.3, 0.4) is 0 Å². The van der Waals surface area contributed by atoms with Crippen LogP contribution in [-0.2, 0) is 14.3 Å². The molecule has 3 aliphatic heterocycles. The molecule has 1 aromatic rings. The Morgan fingerprint density at radius 1 is 1.06 bits per heavy atom. The Morgan fingerprint density at radius 3 is 2.45 bits per heavy atom. The van der Waals surface area contributed by atoms with Crippen LogP contribution in [-0.4, -0.2) is 73.8 Å². The van der Waals surface area contributed by atoms with Crippen molar-refractivity contribution in [2.24, 2.45) is 17.8 Å². The molecule has 3 unspecified atom stereocenters. The van der Waals surface area contributed by atoms with Crippen LogP contribution in [0.2, 0.25) is 0 Å². The van der Waals surface area contributed by atoms with Gasteiger partial charge in [0.05, 0.1) is 19.3 Å². The maximum atomic E-state index is 12.5. The molecule has 0 radical (unpaired) electrons. The standard InChI is InChI=1S/C24H33N3O4/c28-23(18-6-7-18)27-14-19-12-26(13-20(19)15-27)10-8-22(17-4-2-1-3-5-17)25-24(29)31-21-9-11-30-16-21/h1-5,18-22H,6-16H2,(H,25,29)/t19-,20?,21?,22?/m0/s1. The van der Waals surface area contributed by atoms with Crippen LogP contribution < -0.4 is 5.32 Å². The summed E-state index contributed by atoms with van der Waals surface area (Å²) in [6.07, 6.45) is 3.26. The monoisotopic (exact) mass is 427 g/mol. The van der Waals surface area contributed by atoms with Crippen molar-refractivity contribution in [3.8, 4) is 0 Å². The molecule has 1 N–H and O–H groups in total. The number of hydrogen-bond donors (Lipinski definition) is 1. The molecule has 2 amide bonds. The fourth-order valence-electron chi connectivity index (χ4n) is 5.29. The van der Waals surface area contributed by atoms with Gasteiger partial charge in [0.1, 0.15) is 6.10 Å². The van der Waals surface area contributed by atoms with E-state index in [4.69, 9.17) is 9.47 Å². The smallest absolute Gasteiger partial charge is 0.407 e. The lowest BCUT2D eigenvalue weighted by molar-refractivity contribution is -0.131. The van der Waals surface area contributed by atoms with Gasteiger partial charge in [0.15, 0.2) is 0 Å². The first-order chi connectivity index (χ1) is 15.2. The third-order valence-electron chi connectivity index (χ3n) is 7.19. The van der Waals surface area contributed by atoms with E-state index in [9.17, 15) is 9.59 Å². The van der Waals surface area contributed by atoms with Gasteiger partial charge in [-0.3, -0.25) is 4.79 Å². The summed E-state index contributed by atoms with van der Waals surface area (Å²) in [6.45, 7) is 6.01. The van der Waals surface area contributed by atoms with E-state index in [1.54, 1.807) is 0 Å². The van der Waals surface area contributed by atoms with Crippen LogP contribution in [0.4, 0.5) is 4.79 Å². The predicted octanol–water partition coefficient (Wildman–Crippen LogP) is 2.43. The molecule has 7 nitrogen and oxygen atoms in total. The van der Waals surface area contributed by atoms with Crippen molar-refractivity contribution in [2.45, 2.75) is 37.8 Å². The minimum atomic E-state index is -0.364. The number of hydrogen-bond acceptors (Lipinski definition) is 5. The zero-order valence-electron chi connectivity index (χ0n) is 18.1. The lowest BCUT2D eigenvalue weighted by Crippen LogP contribution is -2.36. The number of nitrogens with one attached hydrogen (secondary N) is 1. The van der Waals surface area contributed by atoms with Gasteiger partial charge in [-0.2, -0.15) is 0 Å². The summed E-state index contributed by atoms with van der Waals surface area (Å²) in [6, 6.07) is 10.0. The highest BCUT2D eigenvalue weighted by Crippen LogP contribution is 2.37. The van der Waals surface area contributed by atoms with Gasteiger partial charge < -0.3 is 24.6 Å². The summed E-state index contributed by atoms with van der Waals surface area (Å²) in [5.74, 6) is 1.90. The molecule has 1 saturated carbocycles. The van der Waals surface area contributed by atoms with Crippen molar-refractivity contribution in [2.75, 3.05) is 45.9 Å². The highest BCUT2D eigenvalue weighted by atomic mass is 16.6. The number of carbonyl (C=O) groups is 2. The van der Waals surface area contributed by atoms with Gasteiger partial charge in [-0.15, -0.1) is 0 Å². The number of ether oxygens (including phenoxy) is 2. The molecule has 4 aliphatic rings. The quantitative estimate of drug-likeness (QED) is 0.724. The molecule has 4 atom stereocenters. The van der Waals surface area contributed by atoms with Crippen LogP contribution in [0.5, 0.6) is 0 Å². The maximum Gasteiger partial charge on any atom is 0.407 e. The largest absolute Gasteiger partial charge is 0.444 e. The molecule has 5 rings (SSSR count). The third kappa shape index (κ3) is 5.04. The van der Waals surface area contributed by atoms with Crippen molar-refractivity contribution in [1.29, 1.82) is 0 Å². The Hall–Kier alpha value is -2.12. The summed E-state index contributed by atoms with van der Waals surface area (Å²) in [7, 11) is 0. The van der Waals surface area contributed by atoms with Gasteiger partial charge in [0.25, 0.3) is 0 Å². The number of likely N-dealkylation sites (tertiary alicyclic amines) is 2. The van der Waals surface area contributed by atoms with Crippen LogP contribution >= 0.6 is 0 Å². The van der Waals surface area contributed by atoms with Gasteiger partial charge >= 0.3 is 6.09 Å². The van der Waals surface area contributed by atoms with Crippen LogP contribution in [0, 0.1) is 17.8 Å². The molecule has 4 fully saturated rings. The molecular weight excluding hydrogens is 394 g/mol. The Bertz CT molecular complexity index is 764. The number of nitrogens with zero attached hydrogens (tertiary/aromatic N) is 2. The third-order valence-corrected chi connectivity index (χ3v) is 7.19. The summed E-state index contributed by atoms with van der Waals surface area (Å²) < 4.78 is 10.8. The van der Waals surface area contributed by atoms with E-state index in [1.165, 1.54) is 0 Å². The first-order valence-electron chi connectivity index (χ1n) is 11.8. The van der Waals surface area contributed by atoms with E-state index < -0.39 is 0 Å². The zero-order valence-corrected chi connectivity index (χ0v) is 18.1. The Morgan fingerprint density at radius 2 is 1.81 bits per heavy atom. The molecule has 1 aromatic carbocycles. The Labute approximate surface area is 184 Å². The van der Waals surface area contributed by atoms with E-state index >= 15 is 0 Å². The Balaban J connectivity index is 1.13. The fourth-order valence-corrected chi connectivity index (χ4v) is 5.29. The van der Waals surface area contributed by atoms with Crippen LogP contribution in [0.15, 0.2) is 30.3 Å². The molecule has 0 aromatic heterocycles. The maximum absolute atomic E-state index is 12.5. The second-order valence-corrected chi connectivity index (χ2v) is 9.58. The lowest BCUT2D eigenvalue weighted by atomic mass is 10.0. The first-order valence-corrected chi connectivity index (χ1v) is 11.8. The number of fused-ring (bicyclic) bond motifs is 1. The molecule has 1 aliphatic carbocycles. The average molecular weight is 428 g/mol. The van der Waals surface area contributed by atoms with Crippen LogP contribution in [0.25, 0.3) is 0 Å². The summed E-state index contributed by atoms with van der Waals surface area (Å²) >= 11 is 0. The SMILES string of the molecule is O=C(NC(CCN1CC2CN(C(=O)C3CC3)C[C@@H]2C1)c1ccccc1)OC1CCOC1. The number of rotatable bonds is 7. The van der Waals surface area contributed by atoms with Crippen molar-refractivity contribution >= 4 is 12.0 Å².